The Bertz CT molecular complexity index is 717. The maximum atomic E-state index is 12.9. The van der Waals surface area contributed by atoms with E-state index in [0.717, 1.165) is 12.1 Å². The summed E-state index contributed by atoms with van der Waals surface area (Å²) in [5.74, 6) is -0.383. The minimum absolute atomic E-state index is 0.225. The third kappa shape index (κ3) is 3.06. The quantitative estimate of drug-likeness (QED) is 0.900. The van der Waals surface area contributed by atoms with Crippen LogP contribution < -0.4 is 0 Å². The molecule has 0 aliphatic carbocycles. The van der Waals surface area contributed by atoms with Gasteiger partial charge in [0.15, 0.2) is 0 Å². The largest absolute Gasteiger partial charge is 0.478 e. The molecule has 1 fully saturated rings. The number of rotatable bonds is 4. The van der Waals surface area contributed by atoms with Gasteiger partial charge in [-0.05, 0) is 24.1 Å². The fourth-order valence-corrected chi connectivity index (χ4v) is 3.64. The second kappa shape index (κ2) is 6.25. The Morgan fingerprint density at radius 1 is 1.32 bits per heavy atom. The SMILES string of the molecule is CCC1C(C(=O)O)=C2N(Cc3cccc(C(F)(F)F)c3)CCN2N1C. The molecule has 5 nitrogen and oxygen atoms in total. The predicted molar refractivity (Wildman–Crippen MR) is 85.1 cm³/mol. The van der Waals surface area contributed by atoms with E-state index in [4.69, 9.17) is 0 Å². The van der Waals surface area contributed by atoms with Gasteiger partial charge in [0.1, 0.15) is 5.82 Å². The van der Waals surface area contributed by atoms with Crippen molar-refractivity contribution in [3.05, 3.63) is 46.8 Å². The van der Waals surface area contributed by atoms with Gasteiger partial charge in [0.2, 0.25) is 0 Å². The van der Waals surface area contributed by atoms with Crippen LogP contribution in [0.15, 0.2) is 35.7 Å². The van der Waals surface area contributed by atoms with Gasteiger partial charge in [-0.15, -0.1) is 0 Å². The Balaban J connectivity index is 1.92. The summed E-state index contributed by atoms with van der Waals surface area (Å²) in [5.41, 5.74) is 0.134. The zero-order chi connectivity index (χ0) is 18.4. The third-order valence-corrected chi connectivity index (χ3v) is 4.78. The molecule has 136 valence electrons. The summed E-state index contributed by atoms with van der Waals surface area (Å²) in [6, 6.07) is 4.96. The van der Waals surface area contributed by atoms with E-state index in [2.05, 4.69) is 0 Å². The van der Waals surface area contributed by atoms with Gasteiger partial charge >= 0.3 is 12.1 Å². The number of benzene rings is 1. The summed E-state index contributed by atoms with van der Waals surface area (Å²) >= 11 is 0. The van der Waals surface area contributed by atoms with Crippen LogP contribution in [0, 0.1) is 0 Å². The number of carboxylic acids is 1. The number of likely N-dealkylation sites (N-methyl/N-ethyl adjacent to an activating group) is 1. The summed E-state index contributed by atoms with van der Waals surface area (Å²) < 4.78 is 38.7. The molecular formula is C17H20F3N3O2. The lowest BCUT2D eigenvalue weighted by Crippen LogP contribution is -2.38. The highest BCUT2D eigenvalue weighted by atomic mass is 19.4. The summed E-state index contributed by atoms with van der Waals surface area (Å²) in [5, 5.41) is 13.4. The minimum Gasteiger partial charge on any atom is -0.478 e. The Morgan fingerprint density at radius 3 is 2.64 bits per heavy atom. The number of hydrazine groups is 1. The van der Waals surface area contributed by atoms with Crippen LogP contribution in [0.25, 0.3) is 0 Å². The second-order valence-corrected chi connectivity index (χ2v) is 6.28. The van der Waals surface area contributed by atoms with Crippen molar-refractivity contribution in [3.63, 3.8) is 0 Å². The average molecular weight is 355 g/mol. The van der Waals surface area contributed by atoms with Crippen LogP contribution in [0.2, 0.25) is 0 Å². The Labute approximate surface area is 143 Å². The van der Waals surface area contributed by atoms with Crippen molar-refractivity contribution in [1.82, 2.24) is 14.9 Å². The first-order valence-corrected chi connectivity index (χ1v) is 8.12. The molecule has 1 atom stereocenters. The van der Waals surface area contributed by atoms with Gasteiger partial charge in [0.05, 0.1) is 23.7 Å². The molecule has 8 heteroatoms. The number of alkyl halides is 3. The van der Waals surface area contributed by atoms with Crippen LogP contribution in [0.4, 0.5) is 13.2 Å². The number of hydrogen-bond donors (Lipinski definition) is 1. The van der Waals surface area contributed by atoms with Crippen LogP contribution >= 0.6 is 0 Å². The number of halogens is 3. The van der Waals surface area contributed by atoms with E-state index in [1.807, 2.05) is 28.9 Å². The molecule has 0 aromatic heterocycles. The molecule has 3 rings (SSSR count). The number of carbonyl (C=O) groups is 1. The molecule has 1 aromatic carbocycles. The van der Waals surface area contributed by atoms with Gasteiger partial charge in [-0.1, -0.05) is 19.1 Å². The minimum atomic E-state index is -4.39. The van der Waals surface area contributed by atoms with E-state index in [0.29, 0.717) is 36.5 Å². The summed E-state index contributed by atoms with van der Waals surface area (Å²) in [7, 11) is 1.85. The molecule has 1 unspecified atom stereocenters. The molecular weight excluding hydrogens is 335 g/mol. The van der Waals surface area contributed by atoms with Gasteiger partial charge in [-0.3, -0.25) is 5.01 Å². The van der Waals surface area contributed by atoms with Crippen molar-refractivity contribution in [2.75, 3.05) is 20.1 Å². The van der Waals surface area contributed by atoms with Crippen molar-refractivity contribution < 1.29 is 23.1 Å². The van der Waals surface area contributed by atoms with E-state index >= 15 is 0 Å². The Hall–Kier alpha value is -2.22. The zero-order valence-corrected chi connectivity index (χ0v) is 14.0. The van der Waals surface area contributed by atoms with Crippen molar-refractivity contribution in [2.24, 2.45) is 0 Å². The van der Waals surface area contributed by atoms with Gasteiger partial charge in [-0.2, -0.15) is 13.2 Å². The molecule has 0 radical (unpaired) electrons. The maximum Gasteiger partial charge on any atom is 0.416 e. The highest BCUT2D eigenvalue weighted by Crippen LogP contribution is 2.37. The number of aliphatic carboxylic acids is 1. The summed E-state index contributed by atoms with van der Waals surface area (Å²) in [6.45, 7) is 3.36. The summed E-state index contributed by atoms with van der Waals surface area (Å²) in [6.07, 6.45) is -3.74. The van der Waals surface area contributed by atoms with Crippen LogP contribution in [0.1, 0.15) is 24.5 Å². The van der Waals surface area contributed by atoms with Gasteiger partial charge in [-0.25, -0.2) is 9.80 Å². The van der Waals surface area contributed by atoms with Crippen molar-refractivity contribution >= 4 is 5.97 Å². The fraction of sp³-hybridized carbons (Fsp3) is 0.471. The highest BCUT2D eigenvalue weighted by Gasteiger charge is 2.44. The fourth-order valence-electron chi connectivity index (χ4n) is 3.64. The number of hydrogen-bond acceptors (Lipinski definition) is 4. The average Bonchev–Trinajstić information content (AvgIpc) is 3.06. The molecule has 1 saturated heterocycles. The first-order chi connectivity index (χ1) is 11.7. The molecule has 0 spiro atoms. The normalized spacial score (nSPS) is 21.2. The van der Waals surface area contributed by atoms with Crippen LogP contribution in [0.3, 0.4) is 0 Å². The van der Waals surface area contributed by atoms with Crippen LogP contribution in [0.5, 0.6) is 0 Å². The molecule has 1 aromatic rings. The molecule has 0 amide bonds. The van der Waals surface area contributed by atoms with E-state index in [1.165, 1.54) is 6.07 Å². The van der Waals surface area contributed by atoms with E-state index < -0.39 is 17.7 Å². The first kappa shape index (κ1) is 17.6. The zero-order valence-electron chi connectivity index (χ0n) is 14.0. The molecule has 2 aliphatic heterocycles. The van der Waals surface area contributed by atoms with Crippen molar-refractivity contribution in [1.29, 1.82) is 0 Å². The molecule has 25 heavy (non-hydrogen) atoms. The van der Waals surface area contributed by atoms with E-state index in [9.17, 15) is 23.1 Å². The standard InChI is InChI=1S/C17H20F3N3O2/c1-3-13-14(16(24)25)15-22(7-8-23(15)21(13)2)10-11-5-4-6-12(9-11)17(18,19)20/h4-6,9,13H,3,7-8,10H2,1-2H3,(H,24,25). The first-order valence-electron chi connectivity index (χ1n) is 8.12. The third-order valence-electron chi connectivity index (χ3n) is 4.78. The van der Waals surface area contributed by atoms with Crippen LogP contribution in [-0.4, -0.2) is 52.2 Å². The maximum absolute atomic E-state index is 12.9. The number of carboxylic acid groups (broad SMARTS) is 1. The molecule has 1 N–H and O–H groups in total. The lowest BCUT2D eigenvalue weighted by molar-refractivity contribution is -0.137. The molecule has 2 heterocycles. The second-order valence-electron chi connectivity index (χ2n) is 6.28. The lowest BCUT2D eigenvalue weighted by atomic mass is 10.1. The van der Waals surface area contributed by atoms with Crippen molar-refractivity contribution in [3.8, 4) is 0 Å². The van der Waals surface area contributed by atoms with Crippen molar-refractivity contribution in [2.45, 2.75) is 32.1 Å². The Morgan fingerprint density at radius 2 is 2.04 bits per heavy atom. The van der Waals surface area contributed by atoms with Gasteiger partial charge in [0.25, 0.3) is 0 Å². The smallest absolute Gasteiger partial charge is 0.416 e. The lowest BCUT2D eigenvalue weighted by Gasteiger charge is -2.28. The number of fused-ring (bicyclic) bond motifs is 1. The Kier molecular flexibility index (Phi) is 4.40. The topological polar surface area (TPSA) is 47.0 Å². The monoisotopic (exact) mass is 355 g/mol. The highest BCUT2D eigenvalue weighted by molar-refractivity contribution is 5.89. The molecule has 0 bridgehead atoms. The van der Waals surface area contributed by atoms with Gasteiger partial charge < -0.3 is 10.0 Å². The summed E-state index contributed by atoms with van der Waals surface area (Å²) in [4.78, 5) is 13.6. The molecule has 0 saturated carbocycles. The number of nitrogens with zero attached hydrogens (tertiary/aromatic N) is 3. The van der Waals surface area contributed by atoms with E-state index in [1.54, 1.807) is 6.07 Å². The molecule has 2 aliphatic rings. The van der Waals surface area contributed by atoms with E-state index in [-0.39, 0.29) is 12.6 Å². The predicted octanol–water partition coefficient (Wildman–Crippen LogP) is 2.76. The van der Waals surface area contributed by atoms with Gasteiger partial charge in [0, 0.05) is 20.1 Å². The van der Waals surface area contributed by atoms with Crippen LogP contribution in [-0.2, 0) is 17.5 Å².